The van der Waals surface area contributed by atoms with Crippen molar-refractivity contribution in [1.29, 1.82) is 0 Å². The second-order valence-corrected chi connectivity index (χ2v) is 10.1. The predicted octanol–water partition coefficient (Wildman–Crippen LogP) is 8.19. The fourth-order valence-electron chi connectivity index (χ4n) is 5.79. The number of aromatic nitrogens is 2. The molecule has 5 aromatic rings. The fourth-order valence-corrected chi connectivity index (χ4v) is 5.79. The van der Waals surface area contributed by atoms with Crippen LogP contribution in [0.1, 0.15) is 56.1 Å². The summed E-state index contributed by atoms with van der Waals surface area (Å²) in [5, 5.41) is 5.17. The minimum Gasteiger partial charge on any atom is -0.233 e. The zero-order valence-corrected chi connectivity index (χ0v) is 19.9. The molecule has 2 nitrogen and oxygen atoms in total. The van der Waals surface area contributed by atoms with E-state index in [1.54, 1.807) is 0 Å². The van der Waals surface area contributed by atoms with Crippen LogP contribution in [-0.4, -0.2) is 9.97 Å². The topological polar surface area (TPSA) is 25.8 Å². The Bertz CT molecular complexity index is 1570. The van der Waals surface area contributed by atoms with E-state index in [0.717, 1.165) is 22.8 Å². The lowest BCUT2D eigenvalue weighted by atomic mass is 9.78. The maximum absolute atomic E-state index is 5.02. The van der Waals surface area contributed by atoms with E-state index < -0.39 is 0 Å². The summed E-state index contributed by atoms with van der Waals surface area (Å²) in [6, 6.07) is 26.5. The number of hydrogen-bond donors (Lipinski definition) is 0. The van der Waals surface area contributed by atoms with Gasteiger partial charge in [-0.25, -0.2) is 9.97 Å². The third-order valence-electron chi connectivity index (χ3n) is 7.27. The van der Waals surface area contributed by atoms with E-state index >= 15 is 0 Å². The van der Waals surface area contributed by atoms with Crippen LogP contribution in [-0.2, 0) is 5.41 Å². The minimum absolute atomic E-state index is 0.200. The number of benzene rings is 4. The molecule has 0 saturated heterocycles. The molecule has 0 amide bonds. The molecule has 0 atom stereocenters. The first-order chi connectivity index (χ1) is 15.9. The molecule has 0 fully saturated rings. The van der Waals surface area contributed by atoms with Gasteiger partial charge in [0, 0.05) is 22.1 Å². The summed E-state index contributed by atoms with van der Waals surface area (Å²) in [4.78, 5) is 10.0. The summed E-state index contributed by atoms with van der Waals surface area (Å²) in [5.74, 6) is 1.30. The molecule has 0 spiro atoms. The summed E-state index contributed by atoms with van der Waals surface area (Å²) in [7, 11) is 0. The van der Waals surface area contributed by atoms with Gasteiger partial charge in [0.05, 0.1) is 11.4 Å². The van der Waals surface area contributed by atoms with Crippen LogP contribution in [0.2, 0.25) is 0 Å². The van der Waals surface area contributed by atoms with Gasteiger partial charge in [-0.2, -0.15) is 0 Å². The van der Waals surface area contributed by atoms with Crippen LogP contribution >= 0.6 is 0 Å². The first-order valence-corrected chi connectivity index (χ1v) is 11.8. The van der Waals surface area contributed by atoms with Gasteiger partial charge in [0.1, 0.15) is 5.82 Å². The van der Waals surface area contributed by atoms with E-state index in [1.165, 1.54) is 43.8 Å². The molecule has 1 heterocycles. The van der Waals surface area contributed by atoms with Crippen LogP contribution in [0.3, 0.4) is 0 Å². The van der Waals surface area contributed by atoms with E-state index in [1.807, 2.05) is 6.92 Å². The molecule has 0 N–H and O–H groups in total. The van der Waals surface area contributed by atoms with Crippen molar-refractivity contribution in [1.82, 2.24) is 9.97 Å². The third kappa shape index (κ3) is 2.87. The van der Waals surface area contributed by atoms with Crippen molar-refractivity contribution in [2.45, 2.75) is 46.0 Å². The third-order valence-corrected chi connectivity index (χ3v) is 7.27. The minimum atomic E-state index is -0.200. The summed E-state index contributed by atoms with van der Waals surface area (Å²) in [6.07, 6.45) is 0. The number of fused-ring (bicyclic) bond motifs is 6. The van der Waals surface area contributed by atoms with Crippen LogP contribution in [0.4, 0.5) is 0 Å². The van der Waals surface area contributed by atoms with Crippen LogP contribution in [0.25, 0.3) is 44.1 Å². The summed E-state index contributed by atoms with van der Waals surface area (Å²) >= 11 is 0. The van der Waals surface area contributed by atoms with Gasteiger partial charge in [0.25, 0.3) is 0 Å². The van der Waals surface area contributed by atoms with Gasteiger partial charge in [-0.05, 0) is 51.6 Å². The molecule has 1 aliphatic carbocycles. The molecular formula is C31H28N2. The number of nitrogens with zero attached hydrogens (tertiary/aromatic N) is 2. The lowest BCUT2D eigenvalue weighted by Gasteiger charge is -2.25. The Morgan fingerprint density at radius 3 is 2.24 bits per heavy atom. The Morgan fingerprint density at radius 1 is 0.697 bits per heavy atom. The highest BCUT2D eigenvalue weighted by Gasteiger charge is 2.41. The molecular weight excluding hydrogens is 400 g/mol. The largest absolute Gasteiger partial charge is 0.233 e. The normalized spacial score (nSPS) is 14.1. The Balaban J connectivity index is 1.66. The van der Waals surface area contributed by atoms with E-state index in [0.29, 0.717) is 5.92 Å². The van der Waals surface area contributed by atoms with Gasteiger partial charge in [-0.3, -0.25) is 0 Å². The second kappa shape index (κ2) is 6.99. The maximum Gasteiger partial charge on any atom is 0.126 e. The van der Waals surface area contributed by atoms with Gasteiger partial charge >= 0.3 is 0 Å². The van der Waals surface area contributed by atoms with Gasteiger partial charge in [0.15, 0.2) is 0 Å². The van der Waals surface area contributed by atoms with Crippen molar-refractivity contribution in [2.75, 3.05) is 0 Å². The highest BCUT2D eigenvalue weighted by atomic mass is 14.9. The van der Waals surface area contributed by atoms with Crippen molar-refractivity contribution in [3.05, 3.63) is 95.3 Å². The lowest BCUT2D eigenvalue weighted by Crippen LogP contribution is -2.18. The van der Waals surface area contributed by atoms with Crippen molar-refractivity contribution in [2.24, 2.45) is 0 Å². The zero-order chi connectivity index (χ0) is 22.9. The lowest BCUT2D eigenvalue weighted by molar-refractivity contribution is 0.662. The second-order valence-electron chi connectivity index (χ2n) is 10.1. The van der Waals surface area contributed by atoms with Crippen molar-refractivity contribution >= 4 is 21.5 Å². The van der Waals surface area contributed by atoms with E-state index in [2.05, 4.69) is 100 Å². The molecule has 1 aliphatic rings. The number of hydrogen-bond acceptors (Lipinski definition) is 2. The van der Waals surface area contributed by atoms with Gasteiger partial charge in [-0.15, -0.1) is 0 Å². The Kier molecular flexibility index (Phi) is 4.26. The molecule has 1 aromatic heterocycles. The first kappa shape index (κ1) is 20.1. The van der Waals surface area contributed by atoms with E-state index in [9.17, 15) is 0 Å². The van der Waals surface area contributed by atoms with E-state index in [4.69, 9.17) is 9.97 Å². The highest BCUT2D eigenvalue weighted by molar-refractivity contribution is 6.00. The Morgan fingerprint density at radius 2 is 1.45 bits per heavy atom. The maximum atomic E-state index is 5.02. The summed E-state index contributed by atoms with van der Waals surface area (Å²) in [6.45, 7) is 11.2. The van der Waals surface area contributed by atoms with Crippen LogP contribution in [0.15, 0.2) is 72.8 Å². The van der Waals surface area contributed by atoms with Gasteiger partial charge in [-0.1, -0.05) is 94.4 Å². The molecule has 0 aliphatic heterocycles. The monoisotopic (exact) mass is 428 g/mol. The zero-order valence-electron chi connectivity index (χ0n) is 19.9. The number of aryl methyl sites for hydroxylation is 1. The van der Waals surface area contributed by atoms with Crippen molar-refractivity contribution in [3.8, 4) is 22.5 Å². The average Bonchev–Trinajstić information content (AvgIpc) is 3.04. The molecule has 2 heteroatoms. The summed E-state index contributed by atoms with van der Waals surface area (Å²) < 4.78 is 0. The fraction of sp³-hybridized carbons (Fsp3) is 0.226. The highest BCUT2D eigenvalue weighted by Crippen LogP contribution is 2.53. The van der Waals surface area contributed by atoms with Crippen molar-refractivity contribution < 1.29 is 0 Å². The first-order valence-electron chi connectivity index (χ1n) is 11.8. The smallest absolute Gasteiger partial charge is 0.126 e. The Hall–Kier alpha value is -3.52. The molecule has 33 heavy (non-hydrogen) atoms. The molecule has 6 rings (SSSR count). The van der Waals surface area contributed by atoms with Crippen LogP contribution < -0.4 is 0 Å². The summed E-state index contributed by atoms with van der Waals surface area (Å²) in [5.41, 5.74) is 8.35. The molecule has 0 unspecified atom stereocenters. The van der Waals surface area contributed by atoms with Gasteiger partial charge < -0.3 is 0 Å². The Labute approximate surface area is 195 Å². The average molecular weight is 429 g/mol. The molecule has 162 valence electrons. The van der Waals surface area contributed by atoms with E-state index in [-0.39, 0.29) is 5.41 Å². The predicted molar refractivity (Wildman–Crippen MR) is 139 cm³/mol. The van der Waals surface area contributed by atoms with Gasteiger partial charge in [0.2, 0.25) is 0 Å². The molecule has 4 aromatic carbocycles. The molecule has 0 saturated carbocycles. The molecule has 0 bridgehead atoms. The quantitative estimate of drug-likeness (QED) is 0.283. The SMILES string of the molecule is Cc1nc(-c2ccc3ccccc3c2)c2c(n1)-c1ccc3c(C(C)C)cccc3c1C2(C)C. The van der Waals surface area contributed by atoms with Crippen LogP contribution in [0, 0.1) is 6.92 Å². The standard InChI is InChI=1S/C31H28N2/c1-18(2)23-11-8-12-25-24(23)15-16-26-27(25)31(4,5)28-29(32-19(3)33-30(26)28)22-14-13-20-9-6-7-10-21(20)17-22/h6-18H,1-5H3. The van der Waals surface area contributed by atoms with Crippen molar-refractivity contribution in [3.63, 3.8) is 0 Å². The molecule has 0 radical (unpaired) electrons. The number of rotatable bonds is 2. The van der Waals surface area contributed by atoms with Crippen LogP contribution in [0.5, 0.6) is 0 Å².